The molecule has 0 aliphatic carbocycles. The molecule has 1 unspecified atom stereocenters. The van der Waals surface area contributed by atoms with Crippen molar-refractivity contribution in [1.82, 2.24) is 5.32 Å². The van der Waals surface area contributed by atoms with Crippen LogP contribution in [0.15, 0.2) is 18.2 Å². The van der Waals surface area contributed by atoms with Crippen molar-refractivity contribution in [2.45, 2.75) is 32.7 Å². The Balaban J connectivity index is 2.30. The summed E-state index contributed by atoms with van der Waals surface area (Å²) in [5.41, 5.74) is 2.43. The number of rotatable bonds is 4. The fourth-order valence-corrected chi connectivity index (χ4v) is 2.42. The average Bonchev–Trinajstić information content (AvgIpc) is 2.51. The monoisotopic (exact) mass is 275 g/mol. The predicted molar refractivity (Wildman–Crippen MR) is 79.6 cm³/mol. The van der Waals surface area contributed by atoms with Gasteiger partial charge >= 0.3 is 0 Å². The Labute approximate surface area is 119 Å². The third kappa shape index (κ3) is 3.36. The second-order valence-corrected chi connectivity index (χ2v) is 5.55. The fraction of sp³-hybridized carbons (Fsp3) is 0.467. The lowest BCUT2D eigenvalue weighted by Crippen LogP contribution is -2.18. The van der Waals surface area contributed by atoms with Gasteiger partial charge in [0.25, 0.3) is 0 Å². The molecule has 1 aromatic carbocycles. The number of nitrogens with one attached hydrogen (secondary N) is 3. The number of amides is 2. The van der Waals surface area contributed by atoms with Crippen molar-refractivity contribution in [3.8, 4) is 0 Å². The van der Waals surface area contributed by atoms with Crippen LogP contribution in [0.1, 0.15) is 38.3 Å². The van der Waals surface area contributed by atoms with Crippen LogP contribution in [-0.4, -0.2) is 18.9 Å². The van der Waals surface area contributed by atoms with Gasteiger partial charge in [0.05, 0.1) is 11.4 Å². The highest BCUT2D eigenvalue weighted by Crippen LogP contribution is 2.30. The van der Waals surface area contributed by atoms with Crippen LogP contribution in [0.3, 0.4) is 0 Å². The standard InChI is InChI=1S/C15H21N3O2/c1-9(2)6-12(16-3)10-4-5-11-13(7-10)18-15(20)8-14(19)17-11/h4-5,7,9,12,16H,6,8H2,1-3H3,(H,17,19)(H,18,20). The maximum atomic E-state index is 11.6. The van der Waals surface area contributed by atoms with Gasteiger partial charge in [0.2, 0.25) is 11.8 Å². The lowest BCUT2D eigenvalue weighted by atomic mass is 9.96. The highest BCUT2D eigenvalue weighted by Gasteiger charge is 2.20. The van der Waals surface area contributed by atoms with E-state index in [1.165, 1.54) is 0 Å². The van der Waals surface area contributed by atoms with Crippen molar-refractivity contribution in [1.29, 1.82) is 0 Å². The molecular formula is C15H21N3O2. The zero-order valence-electron chi connectivity index (χ0n) is 12.1. The summed E-state index contributed by atoms with van der Waals surface area (Å²) < 4.78 is 0. The molecule has 0 radical (unpaired) electrons. The van der Waals surface area contributed by atoms with E-state index in [1.807, 2.05) is 25.2 Å². The van der Waals surface area contributed by atoms with Gasteiger partial charge in [-0.25, -0.2) is 0 Å². The number of carbonyl (C=O) groups is 2. The number of anilines is 2. The van der Waals surface area contributed by atoms with E-state index < -0.39 is 0 Å². The Morgan fingerprint density at radius 3 is 2.40 bits per heavy atom. The molecule has 0 spiro atoms. The summed E-state index contributed by atoms with van der Waals surface area (Å²) in [6.45, 7) is 4.35. The fourth-order valence-electron chi connectivity index (χ4n) is 2.42. The lowest BCUT2D eigenvalue weighted by molar-refractivity contribution is -0.123. The van der Waals surface area contributed by atoms with E-state index in [0.29, 0.717) is 17.3 Å². The number of fused-ring (bicyclic) bond motifs is 1. The summed E-state index contributed by atoms with van der Waals surface area (Å²) in [7, 11) is 1.93. The van der Waals surface area contributed by atoms with Crippen LogP contribution >= 0.6 is 0 Å². The van der Waals surface area contributed by atoms with Crippen molar-refractivity contribution in [2.75, 3.05) is 17.7 Å². The molecule has 3 N–H and O–H groups in total. The van der Waals surface area contributed by atoms with Gasteiger partial charge in [-0.3, -0.25) is 9.59 Å². The lowest BCUT2D eigenvalue weighted by Gasteiger charge is -2.20. The molecule has 0 saturated heterocycles. The molecule has 2 rings (SSSR count). The minimum Gasteiger partial charge on any atom is -0.324 e. The summed E-state index contributed by atoms with van der Waals surface area (Å²) in [5, 5.41) is 8.80. The first-order valence-electron chi connectivity index (χ1n) is 6.90. The minimum absolute atomic E-state index is 0.133. The van der Waals surface area contributed by atoms with Crippen molar-refractivity contribution < 1.29 is 9.59 Å². The molecule has 108 valence electrons. The van der Waals surface area contributed by atoms with Crippen LogP contribution in [0, 0.1) is 5.92 Å². The minimum atomic E-state index is -0.277. The first-order valence-corrected chi connectivity index (χ1v) is 6.90. The Kier molecular flexibility index (Phi) is 4.39. The molecule has 1 heterocycles. The molecule has 0 aromatic heterocycles. The second kappa shape index (κ2) is 6.05. The van der Waals surface area contributed by atoms with E-state index >= 15 is 0 Å². The molecule has 1 aromatic rings. The number of carbonyl (C=O) groups excluding carboxylic acids is 2. The van der Waals surface area contributed by atoms with Crippen molar-refractivity contribution >= 4 is 23.2 Å². The number of hydrogen-bond donors (Lipinski definition) is 3. The van der Waals surface area contributed by atoms with E-state index in [2.05, 4.69) is 29.8 Å². The Morgan fingerprint density at radius 2 is 1.80 bits per heavy atom. The van der Waals surface area contributed by atoms with Gasteiger partial charge in [0, 0.05) is 6.04 Å². The molecule has 1 aliphatic heterocycles. The van der Waals surface area contributed by atoms with Crippen molar-refractivity contribution in [2.24, 2.45) is 5.92 Å². The summed E-state index contributed by atoms with van der Waals surface area (Å²) in [6.07, 6.45) is 0.876. The molecule has 0 saturated carbocycles. The van der Waals surface area contributed by atoms with Gasteiger partial charge in [-0.15, -0.1) is 0 Å². The Hall–Kier alpha value is -1.88. The van der Waals surface area contributed by atoms with Crippen LogP contribution in [0.25, 0.3) is 0 Å². The Morgan fingerprint density at radius 1 is 1.15 bits per heavy atom. The molecule has 0 bridgehead atoms. The maximum Gasteiger partial charge on any atom is 0.233 e. The van der Waals surface area contributed by atoms with Gasteiger partial charge in [-0.2, -0.15) is 0 Å². The van der Waals surface area contributed by atoms with E-state index in [-0.39, 0.29) is 24.3 Å². The van der Waals surface area contributed by atoms with Crippen LogP contribution in [0.4, 0.5) is 11.4 Å². The SMILES string of the molecule is CNC(CC(C)C)c1ccc2c(c1)NC(=O)CC(=O)N2. The zero-order valence-corrected chi connectivity index (χ0v) is 12.1. The van der Waals surface area contributed by atoms with E-state index in [1.54, 1.807) is 0 Å². The topological polar surface area (TPSA) is 70.2 Å². The quantitative estimate of drug-likeness (QED) is 0.738. The number of hydrogen-bond acceptors (Lipinski definition) is 3. The van der Waals surface area contributed by atoms with Crippen LogP contribution in [0.2, 0.25) is 0 Å². The van der Waals surface area contributed by atoms with Crippen LogP contribution < -0.4 is 16.0 Å². The summed E-state index contributed by atoms with van der Waals surface area (Å²) in [4.78, 5) is 23.1. The summed E-state index contributed by atoms with van der Waals surface area (Å²) >= 11 is 0. The second-order valence-electron chi connectivity index (χ2n) is 5.55. The first-order chi connectivity index (χ1) is 9.49. The molecule has 1 atom stereocenters. The molecule has 5 nitrogen and oxygen atoms in total. The van der Waals surface area contributed by atoms with Gasteiger partial charge in [-0.05, 0) is 37.1 Å². The maximum absolute atomic E-state index is 11.6. The normalized spacial score (nSPS) is 16.2. The van der Waals surface area contributed by atoms with Crippen LogP contribution in [-0.2, 0) is 9.59 Å². The molecule has 1 aliphatic rings. The Bertz CT molecular complexity index is 526. The molecule has 5 heteroatoms. The highest BCUT2D eigenvalue weighted by atomic mass is 16.2. The zero-order chi connectivity index (χ0) is 14.7. The van der Waals surface area contributed by atoms with Gasteiger partial charge in [0.1, 0.15) is 6.42 Å². The highest BCUT2D eigenvalue weighted by molar-refractivity contribution is 6.13. The number of benzene rings is 1. The van der Waals surface area contributed by atoms with Crippen molar-refractivity contribution in [3.05, 3.63) is 23.8 Å². The van der Waals surface area contributed by atoms with Crippen molar-refractivity contribution in [3.63, 3.8) is 0 Å². The largest absolute Gasteiger partial charge is 0.324 e. The van der Waals surface area contributed by atoms with Gasteiger partial charge < -0.3 is 16.0 Å². The molecule has 20 heavy (non-hydrogen) atoms. The van der Waals surface area contributed by atoms with E-state index in [0.717, 1.165) is 12.0 Å². The average molecular weight is 275 g/mol. The predicted octanol–water partition coefficient (Wildman–Crippen LogP) is 2.27. The molecule has 2 amide bonds. The summed E-state index contributed by atoms with van der Waals surface area (Å²) in [5.74, 6) is 0.0187. The van der Waals surface area contributed by atoms with Gasteiger partial charge in [0.15, 0.2) is 0 Å². The van der Waals surface area contributed by atoms with E-state index in [4.69, 9.17) is 0 Å². The summed E-state index contributed by atoms with van der Waals surface area (Å²) in [6, 6.07) is 6.00. The molecule has 0 fully saturated rings. The van der Waals surface area contributed by atoms with Crippen LogP contribution in [0.5, 0.6) is 0 Å². The van der Waals surface area contributed by atoms with E-state index in [9.17, 15) is 9.59 Å². The molecular weight excluding hydrogens is 254 g/mol. The van der Waals surface area contributed by atoms with Gasteiger partial charge in [-0.1, -0.05) is 19.9 Å². The smallest absolute Gasteiger partial charge is 0.233 e. The third-order valence-corrected chi connectivity index (χ3v) is 3.37. The first kappa shape index (κ1) is 14.5. The third-order valence-electron chi connectivity index (χ3n) is 3.37.